The largest absolute Gasteiger partial charge is 0.320 e. The monoisotopic (exact) mass is 492 g/mol. The number of non-ortho nitro benzene ring substituents is 1. The van der Waals surface area contributed by atoms with Crippen molar-refractivity contribution in [2.75, 3.05) is 5.32 Å². The molecule has 3 aromatic rings. The van der Waals surface area contributed by atoms with Crippen LogP contribution in [0.3, 0.4) is 0 Å². The number of rotatable bonds is 6. The van der Waals surface area contributed by atoms with Crippen LogP contribution in [0, 0.1) is 17.0 Å². The average Bonchev–Trinajstić information content (AvgIpc) is 2.69. The molecule has 10 heteroatoms. The number of thioether (sulfide) groups is 1. The van der Waals surface area contributed by atoms with E-state index in [0.29, 0.717) is 21.1 Å². The van der Waals surface area contributed by atoms with Gasteiger partial charge in [0.15, 0.2) is 10.9 Å². The SMILES string of the molecule is Cc1ccccc1CSc1ncc(Cl)c(C(=O)Nc2ccc([N+](=O)[O-])cc2Br)n1. The first-order valence-electron chi connectivity index (χ1n) is 8.30. The number of hydrogen-bond donors (Lipinski definition) is 1. The molecule has 3 rings (SSSR count). The maximum atomic E-state index is 12.6. The minimum absolute atomic E-state index is 0.0270. The Hall–Kier alpha value is -2.49. The van der Waals surface area contributed by atoms with Gasteiger partial charge >= 0.3 is 0 Å². The van der Waals surface area contributed by atoms with Crippen LogP contribution in [0.4, 0.5) is 11.4 Å². The molecule has 0 atom stereocenters. The molecule has 0 aliphatic rings. The molecule has 0 bridgehead atoms. The number of nitro benzene ring substituents is 1. The molecular formula is C19H14BrClN4O3S. The quantitative estimate of drug-likeness (QED) is 0.206. The maximum absolute atomic E-state index is 12.6. The zero-order valence-electron chi connectivity index (χ0n) is 15.1. The van der Waals surface area contributed by atoms with Crippen LogP contribution in [0.25, 0.3) is 0 Å². The summed E-state index contributed by atoms with van der Waals surface area (Å²) < 4.78 is 0.374. The molecule has 1 N–H and O–H groups in total. The molecule has 0 radical (unpaired) electrons. The van der Waals surface area contributed by atoms with Gasteiger partial charge in [-0.25, -0.2) is 9.97 Å². The van der Waals surface area contributed by atoms with Crippen molar-refractivity contribution in [2.45, 2.75) is 17.8 Å². The van der Waals surface area contributed by atoms with Gasteiger partial charge in [-0.1, -0.05) is 47.6 Å². The normalized spacial score (nSPS) is 10.6. The fourth-order valence-corrected chi connectivity index (χ4v) is 3.93. The Kier molecular flexibility index (Phi) is 6.83. The van der Waals surface area contributed by atoms with Crippen LogP contribution in [0.5, 0.6) is 0 Å². The zero-order valence-corrected chi connectivity index (χ0v) is 18.2. The van der Waals surface area contributed by atoms with Crippen molar-refractivity contribution in [3.8, 4) is 0 Å². The Morgan fingerprint density at radius 3 is 2.76 bits per heavy atom. The number of benzene rings is 2. The molecule has 0 unspecified atom stereocenters. The van der Waals surface area contributed by atoms with Gasteiger partial charge in [0.2, 0.25) is 0 Å². The number of hydrogen-bond acceptors (Lipinski definition) is 6. The minimum Gasteiger partial charge on any atom is -0.320 e. The number of aryl methyl sites for hydroxylation is 1. The van der Waals surface area contributed by atoms with Gasteiger partial charge < -0.3 is 5.32 Å². The standard InChI is InChI=1S/C19H14BrClN4O3S/c1-11-4-2-3-5-12(11)10-29-19-22-9-15(21)17(24-19)18(26)23-16-7-6-13(25(27)28)8-14(16)20/h2-9H,10H2,1H3,(H,23,26). The number of carbonyl (C=O) groups excluding carboxylic acids is 1. The highest BCUT2D eigenvalue weighted by molar-refractivity contribution is 9.10. The van der Waals surface area contributed by atoms with Crippen molar-refractivity contribution in [3.63, 3.8) is 0 Å². The van der Waals surface area contributed by atoms with E-state index in [1.807, 2.05) is 31.2 Å². The molecule has 0 aliphatic carbocycles. The summed E-state index contributed by atoms with van der Waals surface area (Å²) in [5.74, 6) is 0.119. The Morgan fingerprint density at radius 1 is 1.31 bits per heavy atom. The second-order valence-corrected chi connectivity index (χ2v) is 8.14. The summed E-state index contributed by atoms with van der Waals surface area (Å²) in [7, 11) is 0. The highest BCUT2D eigenvalue weighted by Crippen LogP contribution is 2.28. The van der Waals surface area contributed by atoms with Crippen LogP contribution >= 0.6 is 39.3 Å². The van der Waals surface area contributed by atoms with Crippen LogP contribution in [-0.4, -0.2) is 20.8 Å². The number of carbonyl (C=O) groups is 1. The Morgan fingerprint density at radius 2 is 2.07 bits per heavy atom. The third-order valence-electron chi connectivity index (χ3n) is 3.97. The molecule has 0 saturated carbocycles. The summed E-state index contributed by atoms with van der Waals surface area (Å²) in [6.45, 7) is 2.03. The number of nitrogens with zero attached hydrogens (tertiary/aromatic N) is 3. The van der Waals surface area contributed by atoms with E-state index in [1.165, 1.54) is 36.2 Å². The van der Waals surface area contributed by atoms with Gasteiger partial charge in [0.1, 0.15) is 0 Å². The molecule has 1 heterocycles. The minimum atomic E-state index is -0.537. The summed E-state index contributed by atoms with van der Waals surface area (Å²) in [5.41, 5.74) is 2.61. The van der Waals surface area contributed by atoms with E-state index < -0.39 is 10.8 Å². The first-order valence-corrected chi connectivity index (χ1v) is 10.5. The van der Waals surface area contributed by atoms with Gasteiger partial charge in [0.25, 0.3) is 11.6 Å². The third kappa shape index (κ3) is 5.31. The second-order valence-electron chi connectivity index (χ2n) is 5.94. The Bertz CT molecular complexity index is 1100. The first kappa shape index (κ1) is 21.2. The number of anilines is 1. The number of aromatic nitrogens is 2. The molecule has 1 amide bonds. The summed E-state index contributed by atoms with van der Waals surface area (Å²) in [4.78, 5) is 31.4. The first-order chi connectivity index (χ1) is 13.8. The number of nitro groups is 1. The van der Waals surface area contributed by atoms with Gasteiger partial charge in [-0.3, -0.25) is 14.9 Å². The van der Waals surface area contributed by atoms with Crippen LogP contribution in [0.2, 0.25) is 5.02 Å². The highest BCUT2D eigenvalue weighted by Gasteiger charge is 2.17. The summed E-state index contributed by atoms with van der Waals surface area (Å²) in [6.07, 6.45) is 1.38. The number of amides is 1. The van der Waals surface area contributed by atoms with E-state index in [1.54, 1.807) is 0 Å². The Labute approximate surface area is 184 Å². The predicted octanol–water partition coefficient (Wildman–Crippen LogP) is 5.65. The fraction of sp³-hybridized carbons (Fsp3) is 0.105. The van der Waals surface area contributed by atoms with Crippen molar-refractivity contribution in [1.82, 2.24) is 9.97 Å². The molecule has 2 aromatic carbocycles. The van der Waals surface area contributed by atoms with Crippen LogP contribution in [-0.2, 0) is 5.75 Å². The summed E-state index contributed by atoms with van der Waals surface area (Å²) >= 11 is 10.7. The van der Waals surface area contributed by atoms with Gasteiger partial charge in [0, 0.05) is 22.4 Å². The lowest BCUT2D eigenvalue weighted by Crippen LogP contribution is -2.15. The lowest BCUT2D eigenvalue weighted by atomic mass is 10.1. The second kappa shape index (κ2) is 9.34. The van der Waals surface area contributed by atoms with Gasteiger partial charge in [-0.15, -0.1) is 0 Å². The maximum Gasteiger partial charge on any atom is 0.276 e. The molecule has 0 fully saturated rings. The van der Waals surface area contributed by atoms with Crippen LogP contribution < -0.4 is 5.32 Å². The molecule has 0 aliphatic heterocycles. The molecule has 1 aromatic heterocycles. The van der Waals surface area contributed by atoms with Crippen molar-refractivity contribution in [3.05, 3.63) is 85.1 Å². The topological polar surface area (TPSA) is 98.0 Å². The van der Waals surface area contributed by atoms with Crippen molar-refractivity contribution in [1.29, 1.82) is 0 Å². The lowest BCUT2D eigenvalue weighted by Gasteiger charge is -2.09. The van der Waals surface area contributed by atoms with Crippen LogP contribution in [0.1, 0.15) is 21.6 Å². The summed E-state index contributed by atoms with van der Waals surface area (Å²) in [5, 5.41) is 14.0. The molecule has 7 nitrogen and oxygen atoms in total. The van der Waals surface area contributed by atoms with Gasteiger partial charge in [-0.2, -0.15) is 0 Å². The molecule has 148 valence electrons. The van der Waals surface area contributed by atoms with Crippen molar-refractivity contribution < 1.29 is 9.72 Å². The number of nitrogens with one attached hydrogen (secondary N) is 1. The smallest absolute Gasteiger partial charge is 0.276 e. The van der Waals surface area contributed by atoms with E-state index in [9.17, 15) is 14.9 Å². The zero-order chi connectivity index (χ0) is 21.0. The third-order valence-corrected chi connectivity index (χ3v) is 5.81. The lowest BCUT2D eigenvalue weighted by molar-refractivity contribution is -0.384. The van der Waals surface area contributed by atoms with Crippen molar-refractivity contribution in [2.24, 2.45) is 0 Å². The van der Waals surface area contributed by atoms with E-state index >= 15 is 0 Å². The molecule has 0 spiro atoms. The predicted molar refractivity (Wildman–Crippen MR) is 117 cm³/mol. The number of halogens is 2. The van der Waals surface area contributed by atoms with E-state index in [4.69, 9.17) is 11.6 Å². The van der Waals surface area contributed by atoms with E-state index in [-0.39, 0.29) is 16.4 Å². The van der Waals surface area contributed by atoms with Crippen LogP contribution in [0.15, 0.2) is 58.3 Å². The van der Waals surface area contributed by atoms with Gasteiger partial charge in [-0.05, 0) is 40.0 Å². The van der Waals surface area contributed by atoms with E-state index in [0.717, 1.165) is 11.1 Å². The molecule has 29 heavy (non-hydrogen) atoms. The summed E-state index contributed by atoms with van der Waals surface area (Å²) in [6, 6.07) is 12.0. The van der Waals surface area contributed by atoms with Crippen molar-refractivity contribution >= 4 is 56.6 Å². The Balaban J connectivity index is 1.76. The average molecular weight is 494 g/mol. The van der Waals surface area contributed by atoms with E-state index in [2.05, 4.69) is 31.2 Å². The van der Waals surface area contributed by atoms with Gasteiger partial charge in [0.05, 0.1) is 21.8 Å². The molecule has 0 saturated heterocycles. The highest BCUT2D eigenvalue weighted by atomic mass is 79.9. The molecular weight excluding hydrogens is 480 g/mol. The fourth-order valence-electron chi connectivity index (χ4n) is 2.39.